The molecule has 1 aliphatic heterocycles. The fourth-order valence-electron chi connectivity index (χ4n) is 2.60. The Kier molecular flexibility index (Phi) is 5.74. The normalized spacial score (nSPS) is 18.7. The van der Waals surface area contributed by atoms with Gasteiger partial charge in [-0.1, -0.05) is 20.8 Å². The molecule has 0 amide bonds. The number of nitrogens with zero attached hydrogens (tertiary/aromatic N) is 1. The second-order valence-electron chi connectivity index (χ2n) is 7.49. The number of anilines is 1. The number of ether oxygens (including phenoxy) is 1. The highest BCUT2D eigenvalue weighted by Gasteiger charge is 2.30. The van der Waals surface area contributed by atoms with Crippen molar-refractivity contribution in [2.75, 3.05) is 51.2 Å². The van der Waals surface area contributed by atoms with Gasteiger partial charge >= 0.3 is 0 Å². The molecule has 0 unspecified atom stereocenters. The van der Waals surface area contributed by atoms with Crippen LogP contribution in [0.5, 0.6) is 5.75 Å². The highest BCUT2D eigenvalue weighted by molar-refractivity contribution is 7.71. The molecule has 1 saturated heterocycles. The van der Waals surface area contributed by atoms with E-state index >= 15 is 0 Å². The van der Waals surface area contributed by atoms with Crippen molar-refractivity contribution in [3.8, 4) is 5.75 Å². The minimum atomic E-state index is -2.40. The monoisotopic (exact) mass is 342 g/mol. The summed E-state index contributed by atoms with van der Waals surface area (Å²) in [6, 6.07) is 5.53. The standard InChI is InChI=1S/C17H28FN2O2P/c1-17(2,3)12-19-15-6-5-14(11-16(15)22-13-18)23(21)9-7-20(4)8-10-23/h5-6,11,19H,7-10,12-13H2,1-4H3. The van der Waals surface area contributed by atoms with Gasteiger partial charge in [0.1, 0.15) is 12.9 Å². The van der Waals surface area contributed by atoms with Crippen molar-refractivity contribution in [3.63, 3.8) is 0 Å². The van der Waals surface area contributed by atoms with Crippen LogP contribution in [0.3, 0.4) is 0 Å². The van der Waals surface area contributed by atoms with Crippen LogP contribution in [0.2, 0.25) is 0 Å². The van der Waals surface area contributed by atoms with Gasteiger partial charge in [-0.3, -0.25) is 0 Å². The molecule has 1 aliphatic rings. The van der Waals surface area contributed by atoms with Gasteiger partial charge in [0.2, 0.25) is 6.86 Å². The first-order chi connectivity index (χ1) is 10.7. The molecule has 130 valence electrons. The van der Waals surface area contributed by atoms with Gasteiger partial charge in [0.15, 0.2) is 0 Å². The first-order valence-corrected chi connectivity index (χ1v) is 10.2. The second-order valence-corrected chi connectivity index (χ2v) is 10.7. The average molecular weight is 342 g/mol. The summed E-state index contributed by atoms with van der Waals surface area (Å²) < 4.78 is 31.0. The third kappa shape index (κ3) is 4.95. The third-order valence-electron chi connectivity index (χ3n) is 4.14. The highest BCUT2D eigenvalue weighted by atomic mass is 31.2. The Balaban J connectivity index is 2.23. The van der Waals surface area contributed by atoms with E-state index < -0.39 is 14.0 Å². The predicted molar refractivity (Wildman–Crippen MR) is 95.5 cm³/mol. The number of hydrogen-bond donors (Lipinski definition) is 1. The van der Waals surface area contributed by atoms with Crippen LogP contribution in [-0.4, -0.2) is 50.8 Å². The summed E-state index contributed by atoms with van der Waals surface area (Å²) in [6.45, 7) is 7.90. The van der Waals surface area contributed by atoms with Crippen molar-refractivity contribution in [3.05, 3.63) is 18.2 Å². The van der Waals surface area contributed by atoms with Gasteiger partial charge in [0.05, 0.1) is 5.69 Å². The summed E-state index contributed by atoms with van der Waals surface area (Å²) in [5.74, 6) is 0.448. The first-order valence-electron chi connectivity index (χ1n) is 8.07. The zero-order chi connectivity index (χ0) is 17.1. The Bertz CT molecular complexity index is 574. The van der Waals surface area contributed by atoms with Crippen molar-refractivity contribution < 1.29 is 13.7 Å². The van der Waals surface area contributed by atoms with E-state index in [0.717, 1.165) is 30.6 Å². The molecule has 0 bridgehead atoms. The lowest BCUT2D eigenvalue weighted by Crippen LogP contribution is -2.34. The zero-order valence-corrected chi connectivity index (χ0v) is 15.5. The fourth-order valence-corrected chi connectivity index (χ4v) is 5.36. The lowest BCUT2D eigenvalue weighted by Gasteiger charge is -2.30. The average Bonchev–Trinajstić information content (AvgIpc) is 2.48. The van der Waals surface area contributed by atoms with E-state index in [-0.39, 0.29) is 5.41 Å². The Morgan fingerprint density at radius 1 is 1.30 bits per heavy atom. The molecule has 0 aliphatic carbocycles. The molecule has 1 aromatic rings. The smallest absolute Gasteiger partial charge is 0.228 e. The molecule has 0 radical (unpaired) electrons. The molecule has 4 nitrogen and oxygen atoms in total. The van der Waals surface area contributed by atoms with Crippen molar-refractivity contribution in [2.24, 2.45) is 5.41 Å². The third-order valence-corrected chi connectivity index (χ3v) is 7.20. The number of alkyl halides is 1. The van der Waals surface area contributed by atoms with Gasteiger partial charge < -0.3 is 19.5 Å². The van der Waals surface area contributed by atoms with Gasteiger partial charge in [-0.25, -0.2) is 4.39 Å². The molecule has 1 aromatic carbocycles. The van der Waals surface area contributed by atoms with Crippen LogP contribution in [0.15, 0.2) is 18.2 Å². The maximum absolute atomic E-state index is 13.2. The number of nitrogens with one attached hydrogen (secondary N) is 1. The lowest BCUT2D eigenvalue weighted by molar-refractivity contribution is 0.192. The molecule has 2 rings (SSSR count). The Hall–Kier alpha value is -1.06. The van der Waals surface area contributed by atoms with Crippen molar-refractivity contribution in [1.29, 1.82) is 0 Å². The quantitative estimate of drug-likeness (QED) is 0.833. The molecule has 0 aromatic heterocycles. The van der Waals surface area contributed by atoms with Crippen LogP contribution in [0.1, 0.15) is 20.8 Å². The molecule has 1 heterocycles. The maximum Gasteiger partial charge on any atom is 0.228 e. The maximum atomic E-state index is 13.2. The Labute approximate surface area is 138 Å². The van der Waals surface area contributed by atoms with E-state index in [1.165, 1.54) is 0 Å². The topological polar surface area (TPSA) is 41.6 Å². The van der Waals surface area contributed by atoms with Crippen LogP contribution >= 0.6 is 7.14 Å². The molecule has 0 saturated carbocycles. The SMILES string of the molecule is CN1CCP(=O)(c2ccc(NCC(C)(C)C)c(OCF)c2)CC1. The van der Waals surface area contributed by atoms with Crippen LogP contribution in [-0.2, 0) is 4.57 Å². The van der Waals surface area contributed by atoms with Gasteiger partial charge in [-0.05, 0) is 30.7 Å². The highest BCUT2D eigenvalue weighted by Crippen LogP contribution is 2.47. The molecule has 1 fully saturated rings. The van der Waals surface area contributed by atoms with Crippen LogP contribution in [0, 0.1) is 5.41 Å². The zero-order valence-electron chi connectivity index (χ0n) is 14.6. The Morgan fingerprint density at radius 3 is 2.52 bits per heavy atom. The van der Waals surface area contributed by atoms with E-state index in [1.807, 2.05) is 19.2 Å². The fraction of sp³-hybridized carbons (Fsp3) is 0.647. The molecule has 1 N–H and O–H groups in total. The number of benzene rings is 1. The minimum absolute atomic E-state index is 0.104. The molecule has 0 spiro atoms. The minimum Gasteiger partial charge on any atom is -0.461 e. The molecule has 0 atom stereocenters. The van der Waals surface area contributed by atoms with E-state index in [1.54, 1.807) is 6.07 Å². The van der Waals surface area contributed by atoms with Gasteiger partial charge in [-0.2, -0.15) is 0 Å². The lowest BCUT2D eigenvalue weighted by atomic mass is 9.97. The van der Waals surface area contributed by atoms with Crippen LogP contribution in [0.4, 0.5) is 10.1 Å². The summed E-state index contributed by atoms with van der Waals surface area (Å²) >= 11 is 0. The molecular formula is C17H28FN2O2P. The summed E-state index contributed by atoms with van der Waals surface area (Å²) in [6.07, 6.45) is 1.35. The molecule has 23 heavy (non-hydrogen) atoms. The van der Waals surface area contributed by atoms with Crippen molar-refractivity contribution >= 4 is 18.1 Å². The van der Waals surface area contributed by atoms with E-state index in [4.69, 9.17) is 4.74 Å². The molecule has 6 heteroatoms. The Morgan fingerprint density at radius 2 is 1.96 bits per heavy atom. The van der Waals surface area contributed by atoms with Gasteiger partial charge in [-0.15, -0.1) is 0 Å². The van der Waals surface area contributed by atoms with Crippen molar-refractivity contribution in [1.82, 2.24) is 4.90 Å². The van der Waals surface area contributed by atoms with Crippen LogP contribution < -0.4 is 15.4 Å². The van der Waals surface area contributed by atoms with Crippen molar-refractivity contribution in [2.45, 2.75) is 20.8 Å². The van der Waals surface area contributed by atoms with E-state index in [0.29, 0.717) is 18.1 Å². The summed E-state index contributed by atoms with van der Waals surface area (Å²) in [7, 11) is -0.355. The van der Waals surface area contributed by atoms with Gasteiger partial charge in [0, 0.05) is 37.3 Å². The number of rotatable bonds is 5. The summed E-state index contributed by atoms with van der Waals surface area (Å²) in [4.78, 5) is 2.19. The predicted octanol–water partition coefficient (Wildman–Crippen LogP) is 3.38. The summed E-state index contributed by atoms with van der Waals surface area (Å²) in [5.41, 5.74) is 0.855. The second kappa shape index (κ2) is 7.23. The van der Waals surface area contributed by atoms with Crippen LogP contribution in [0.25, 0.3) is 0 Å². The molecular weight excluding hydrogens is 314 g/mol. The summed E-state index contributed by atoms with van der Waals surface area (Å²) in [5, 5.41) is 4.10. The van der Waals surface area contributed by atoms with Gasteiger partial charge in [0.25, 0.3) is 0 Å². The van der Waals surface area contributed by atoms with E-state index in [2.05, 4.69) is 31.0 Å². The van der Waals surface area contributed by atoms with E-state index in [9.17, 15) is 8.96 Å². The largest absolute Gasteiger partial charge is 0.461 e. The first kappa shape index (κ1) is 18.3. The number of halogens is 1. The number of hydrogen-bond acceptors (Lipinski definition) is 4.